The van der Waals surface area contributed by atoms with Crippen LogP contribution in [0.1, 0.15) is 5.56 Å². The smallest absolute Gasteiger partial charge is 0.0343 e. The van der Waals surface area contributed by atoms with E-state index in [2.05, 4.69) is 47.2 Å². The first kappa shape index (κ1) is 11.6. The van der Waals surface area contributed by atoms with Crippen molar-refractivity contribution in [2.75, 3.05) is 33.2 Å². The summed E-state index contributed by atoms with van der Waals surface area (Å²) in [5.41, 5.74) is 7.17. The van der Waals surface area contributed by atoms with E-state index in [-0.39, 0.29) is 0 Å². The number of hydrogen-bond donors (Lipinski definition) is 1. The second-order valence-electron chi connectivity index (χ2n) is 4.59. The fourth-order valence-electron chi connectivity index (χ4n) is 2.25. The molecular formula is C13H21N3. The highest BCUT2D eigenvalue weighted by Gasteiger charge is 2.22. The molecule has 1 saturated heterocycles. The van der Waals surface area contributed by atoms with Gasteiger partial charge in [0.1, 0.15) is 0 Å². The average molecular weight is 219 g/mol. The van der Waals surface area contributed by atoms with Crippen LogP contribution in [-0.2, 0) is 6.54 Å². The lowest BCUT2D eigenvalue weighted by molar-refractivity contribution is 0.0947. The lowest BCUT2D eigenvalue weighted by atomic mass is 10.1. The number of benzene rings is 1. The van der Waals surface area contributed by atoms with E-state index in [1.165, 1.54) is 5.56 Å². The Morgan fingerprint density at radius 1 is 1.25 bits per heavy atom. The Morgan fingerprint density at radius 2 is 2.00 bits per heavy atom. The highest BCUT2D eigenvalue weighted by atomic mass is 15.3. The molecule has 16 heavy (non-hydrogen) atoms. The second-order valence-corrected chi connectivity index (χ2v) is 4.59. The van der Waals surface area contributed by atoms with Crippen LogP contribution in [0.3, 0.4) is 0 Å². The van der Waals surface area contributed by atoms with Gasteiger partial charge in [-0.3, -0.25) is 9.80 Å². The number of nitrogens with two attached hydrogens (primary N) is 1. The molecule has 1 aliphatic heterocycles. The molecule has 3 heteroatoms. The Bertz CT molecular complexity index is 312. The lowest BCUT2D eigenvalue weighted by Crippen LogP contribution is -2.53. The van der Waals surface area contributed by atoms with Crippen LogP contribution >= 0.6 is 0 Å². The van der Waals surface area contributed by atoms with Crippen LogP contribution in [0, 0.1) is 0 Å². The van der Waals surface area contributed by atoms with Crippen molar-refractivity contribution in [2.24, 2.45) is 5.73 Å². The zero-order valence-electron chi connectivity index (χ0n) is 9.97. The number of likely N-dealkylation sites (N-methyl/N-ethyl adjacent to an activating group) is 1. The maximum Gasteiger partial charge on any atom is 0.0343 e. The fraction of sp³-hybridized carbons (Fsp3) is 0.538. The molecule has 0 bridgehead atoms. The van der Waals surface area contributed by atoms with Gasteiger partial charge >= 0.3 is 0 Å². The normalized spacial score (nSPS) is 23.5. The highest BCUT2D eigenvalue weighted by Crippen LogP contribution is 2.10. The molecule has 0 aliphatic carbocycles. The molecule has 0 saturated carbocycles. The fourth-order valence-corrected chi connectivity index (χ4v) is 2.25. The first-order valence-electron chi connectivity index (χ1n) is 5.96. The zero-order valence-corrected chi connectivity index (χ0v) is 9.97. The standard InChI is InChI=1S/C13H21N3/c1-15-7-8-16(11-13(15)9-14)10-12-5-3-2-4-6-12/h2-6,13H,7-11,14H2,1H3. The topological polar surface area (TPSA) is 32.5 Å². The molecule has 2 rings (SSSR count). The summed E-state index contributed by atoms with van der Waals surface area (Å²) >= 11 is 0. The van der Waals surface area contributed by atoms with Crippen LogP contribution in [-0.4, -0.2) is 49.1 Å². The molecule has 1 atom stereocenters. The van der Waals surface area contributed by atoms with Gasteiger partial charge in [0.05, 0.1) is 0 Å². The molecule has 1 aromatic carbocycles. The van der Waals surface area contributed by atoms with Crippen molar-refractivity contribution in [1.82, 2.24) is 9.80 Å². The molecule has 0 radical (unpaired) electrons. The van der Waals surface area contributed by atoms with Crippen LogP contribution in [0.15, 0.2) is 30.3 Å². The van der Waals surface area contributed by atoms with Crippen LogP contribution in [0.5, 0.6) is 0 Å². The summed E-state index contributed by atoms with van der Waals surface area (Å²) < 4.78 is 0. The van der Waals surface area contributed by atoms with Gasteiger partial charge in [-0.25, -0.2) is 0 Å². The highest BCUT2D eigenvalue weighted by molar-refractivity contribution is 5.14. The number of hydrogen-bond acceptors (Lipinski definition) is 3. The van der Waals surface area contributed by atoms with Gasteiger partial charge in [-0.1, -0.05) is 30.3 Å². The molecule has 1 fully saturated rings. The van der Waals surface area contributed by atoms with Gasteiger partial charge in [0.25, 0.3) is 0 Å². The van der Waals surface area contributed by atoms with Crippen LogP contribution < -0.4 is 5.73 Å². The molecule has 1 aliphatic rings. The molecule has 88 valence electrons. The number of piperazine rings is 1. The monoisotopic (exact) mass is 219 g/mol. The lowest BCUT2D eigenvalue weighted by Gasteiger charge is -2.38. The van der Waals surface area contributed by atoms with Crippen molar-refractivity contribution in [1.29, 1.82) is 0 Å². The van der Waals surface area contributed by atoms with Gasteiger partial charge in [0.15, 0.2) is 0 Å². The van der Waals surface area contributed by atoms with Gasteiger partial charge < -0.3 is 5.73 Å². The van der Waals surface area contributed by atoms with Crippen molar-refractivity contribution in [3.05, 3.63) is 35.9 Å². The minimum absolute atomic E-state index is 0.512. The van der Waals surface area contributed by atoms with Crippen molar-refractivity contribution < 1.29 is 0 Å². The van der Waals surface area contributed by atoms with Crippen LogP contribution in [0.2, 0.25) is 0 Å². The minimum atomic E-state index is 0.512. The Balaban J connectivity index is 1.92. The SMILES string of the molecule is CN1CCN(Cc2ccccc2)CC1CN. The van der Waals surface area contributed by atoms with E-state index in [9.17, 15) is 0 Å². The van der Waals surface area contributed by atoms with Crippen LogP contribution in [0.4, 0.5) is 0 Å². The first-order chi connectivity index (χ1) is 7.79. The molecule has 2 N–H and O–H groups in total. The van der Waals surface area contributed by atoms with E-state index < -0.39 is 0 Å². The average Bonchev–Trinajstić information content (AvgIpc) is 2.33. The molecule has 0 aromatic heterocycles. The van der Waals surface area contributed by atoms with E-state index in [1.807, 2.05) is 0 Å². The molecular weight excluding hydrogens is 198 g/mol. The van der Waals surface area contributed by atoms with E-state index in [0.29, 0.717) is 6.04 Å². The van der Waals surface area contributed by atoms with Gasteiger partial charge in [0.2, 0.25) is 0 Å². The van der Waals surface area contributed by atoms with Gasteiger partial charge in [0, 0.05) is 38.8 Å². The summed E-state index contributed by atoms with van der Waals surface area (Å²) in [6, 6.07) is 11.2. The Morgan fingerprint density at radius 3 is 2.69 bits per heavy atom. The number of rotatable bonds is 3. The molecule has 3 nitrogen and oxygen atoms in total. The summed E-state index contributed by atoms with van der Waals surface area (Å²) in [5.74, 6) is 0. The minimum Gasteiger partial charge on any atom is -0.329 e. The first-order valence-corrected chi connectivity index (χ1v) is 5.96. The molecule has 0 amide bonds. The summed E-state index contributed by atoms with van der Waals surface area (Å²) in [4.78, 5) is 4.86. The third-order valence-corrected chi connectivity index (χ3v) is 3.38. The van der Waals surface area contributed by atoms with Crippen molar-refractivity contribution >= 4 is 0 Å². The van der Waals surface area contributed by atoms with E-state index >= 15 is 0 Å². The molecule has 0 spiro atoms. The van der Waals surface area contributed by atoms with Gasteiger partial charge in [-0.05, 0) is 12.6 Å². The maximum absolute atomic E-state index is 5.78. The Labute approximate surface area is 97.8 Å². The largest absolute Gasteiger partial charge is 0.329 e. The molecule has 1 aromatic rings. The third-order valence-electron chi connectivity index (χ3n) is 3.38. The number of nitrogens with zero attached hydrogens (tertiary/aromatic N) is 2. The maximum atomic E-state index is 5.78. The predicted octanol–water partition coefficient (Wildman–Crippen LogP) is 0.761. The Kier molecular flexibility index (Phi) is 3.93. The zero-order chi connectivity index (χ0) is 11.4. The molecule has 1 unspecified atom stereocenters. The van der Waals surface area contributed by atoms with E-state index in [0.717, 1.165) is 32.7 Å². The Hall–Kier alpha value is -0.900. The third kappa shape index (κ3) is 2.82. The predicted molar refractivity (Wildman–Crippen MR) is 67.2 cm³/mol. The van der Waals surface area contributed by atoms with Crippen LogP contribution in [0.25, 0.3) is 0 Å². The van der Waals surface area contributed by atoms with E-state index in [4.69, 9.17) is 5.73 Å². The quantitative estimate of drug-likeness (QED) is 0.814. The van der Waals surface area contributed by atoms with Gasteiger partial charge in [-0.15, -0.1) is 0 Å². The van der Waals surface area contributed by atoms with Crippen molar-refractivity contribution in [2.45, 2.75) is 12.6 Å². The summed E-state index contributed by atoms with van der Waals surface area (Å²) in [6.07, 6.45) is 0. The summed E-state index contributed by atoms with van der Waals surface area (Å²) in [6.45, 7) is 5.14. The molecule has 1 heterocycles. The van der Waals surface area contributed by atoms with E-state index in [1.54, 1.807) is 0 Å². The van der Waals surface area contributed by atoms with Crippen molar-refractivity contribution in [3.63, 3.8) is 0 Å². The second kappa shape index (κ2) is 5.43. The van der Waals surface area contributed by atoms with Crippen molar-refractivity contribution in [3.8, 4) is 0 Å². The van der Waals surface area contributed by atoms with Gasteiger partial charge in [-0.2, -0.15) is 0 Å². The summed E-state index contributed by atoms with van der Waals surface area (Å²) in [7, 11) is 2.16. The summed E-state index contributed by atoms with van der Waals surface area (Å²) in [5, 5.41) is 0.